The molecule has 0 aliphatic carbocycles. The van der Waals surface area contributed by atoms with E-state index in [2.05, 4.69) is 16.7 Å². The number of halogens is 1. The van der Waals surface area contributed by atoms with Gasteiger partial charge in [-0.15, -0.1) is 0 Å². The van der Waals surface area contributed by atoms with Gasteiger partial charge in [-0.2, -0.15) is 16.9 Å². The number of unbranched alkanes of at least 4 members (excludes halogenated alkanes) is 1. The lowest BCUT2D eigenvalue weighted by molar-refractivity contribution is 0.503. The van der Waals surface area contributed by atoms with E-state index in [0.717, 1.165) is 25.1 Å². The van der Waals surface area contributed by atoms with Crippen LogP contribution in [0.25, 0.3) is 0 Å². The first-order chi connectivity index (χ1) is 8.57. The molecule has 0 aliphatic heterocycles. The Hall–Kier alpha value is -0.680. The minimum Gasteiger partial charge on any atom is -0.382 e. The van der Waals surface area contributed by atoms with Crippen LogP contribution in [0.2, 0.25) is 5.02 Å². The van der Waals surface area contributed by atoms with Crippen molar-refractivity contribution in [3.8, 4) is 0 Å². The molecule has 0 radical (unpaired) electrons. The van der Waals surface area contributed by atoms with Gasteiger partial charge in [0.15, 0.2) is 0 Å². The number of rotatable bonds is 7. The quantitative estimate of drug-likeness (QED) is 0.784. The summed E-state index contributed by atoms with van der Waals surface area (Å²) in [6, 6.07) is 0.0191. The van der Waals surface area contributed by atoms with Crippen molar-refractivity contribution in [2.45, 2.75) is 32.7 Å². The number of hydrogen-bond acceptors (Lipinski definition) is 4. The fourth-order valence-corrected chi connectivity index (χ4v) is 2.23. The third-order valence-corrected chi connectivity index (χ3v) is 3.59. The second-order valence-corrected chi connectivity index (χ2v) is 5.71. The van der Waals surface area contributed by atoms with Crippen LogP contribution in [0.15, 0.2) is 11.0 Å². The van der Waals surface area contributed by atoms with Gasteiger partial charge in [0, 0.05) is 6.54 Å². The normalized spacial score (nSPS) is 10.9. The minimum atomic E-state index is -0.235. The Morgan fingerprint density at radius 2 is 2.22 bits per heavy atom. The Labute approximate surface area is 117 Å². The average Bonchev–Trinajstić information content (AvgIpc) is 2.33. The lowest BCUT2D eigenvalue weighted by Gasteiger charge is -2.12. The van der Waals surface area contributed by atoms with Crippen LogP contribution in [-0.4, -0.2) is 28.3 Å². The largest absolute Gasteiger partial charge is 0.382 e. The van der Waals surface area contributed by atoms with Gasteiger partial charge in [-0.3, -0.25) is 4.79 Å². The first-order valence-electron chi connectivity index (χ1n) is 6.08. The molecular weight excluding hydrogens is 270 g/mol. The van der Waals surface area contributed by atoms with Gasteiger partial charge in [0.1, 0.15) is 5.02 Å². The number of nitrogens with one attached hydrogen (secondary N) is 1. The zero-order valence-electron chi connectivity index (χ0n) is 11.1. The van der Waals surface area contributed by atoms with E-state index < -0.39 is 0 Å². The Bertz CT molecular complexity index is 434. The fourth-order valence-electron chi connectivity index (χ4n) is 1.53. The Balaban J connectivity index is 2.63. The summed E-state index contributed by atoms with van der Waals surface area (Å²) in [6.45, 7) is 4.62. The molecule has 0 fully saturated rings. The minimum absolute atomic E-state index is 0.0191. The van der Waals surface area contributed by atoms with E-state index in [9.17, 15) is 4.79 Å². The molecule has 0 unspecified atom stereocenters. The number of thioether (sulfide) groups is 1. The van der Waals surface area contributed by atoms with Crippen molar-refractivity contribution < 1.29 is 0 Å². The van der Waals surface area contributed by atoms with Gasteiger partial charge in [-0.05, 0) is 38.7 Å². The number of nitrogens with zero attached hydrogens (tertiary/aromatic N) is 2. The molecule has 1 aromatic heterocycles. The highest BCUT2D eigenvalue weighted by molar-refractivity contribution is 7.98. The van der Waals surface area contributed by atoms with Crippen molar-refractivity contribution in [3.63, 3.8) is 0 Å². The molecule has 0 aromatic carbocycles. The maximum absolute atomic E-state index is 11.9. The Kier molecular flexibility index (Phi) is 6.57. The van der Waals surface area contributed by atoms with Gasteiger partial charge in [0.05, 0.1) is 17.9 Å². The summed E-state index contributed by atoms with van der Waals surface area (Å²) in [7, 11) is 0. The van der Waals surface area contributed by atoms with Crippen LogP contribution in [0.3, 0.4) is 0 Å². The lowest BCUT2D eigenvalue weighted by Crippen LogP contribution is -2.25. The molecule has 6 heteroatoms. The molecule has 0 amide bonds. The monoisotopic (exact) mass is 289 g/mol. The maximum atomic E-state index is 11.9. The van der Waals surface area contributed by atoms with Crippen molar-refractivity contribution in [3.05, 3.63) is 21.6 Å². The first-order valence-corrected chi connectivity index (χ1v) is 7.85. The van der Waals surface area contributed by atoms with Crippen molar-refractivity contribution in [1.82, 2.24) is 9.78 Å². The van der Waals surface area contributed by atoms with Crippen molar-refractivity contribution in [2.24, 2.45) is 0 Å². The van der Waals surface area contributed by atoms with Crippen LogP contribution in [-0.2, 0) is 0 Å². The third kappa shape index (κ3) is 4.21. The van der Waals surface area contributed by atoms with Crippen molar-refractivity contribution >= 4 is 29.1 Å². The number of aromatic nitrogens is 2. The van der Waals surface area contributed by atoms with E-state index in [4.69, 9.17) is 11.6 Å². The highest BCUT2D eigenvalue weighted by Gasteiger charge is 2.10. The van der Waals surface area contributed by atoms with Gasteiger partial charge in [-0.25, -0.2) is 4.68 Å². The molecule has 0 saturated heterocycles. The summed E-state index contributed by atoms with van der Waals surface area (Å²) in [5, 5.41) is 7.49. The molecule has 1 aromatic rings. The van der Waals surface area contributed by atoms with E-state index in [0.29, 0.717) is 5.69 Å². The molecule has 18 heavy (non-hydrogen) atoms. The summed E-state index contributed by atoms with van der Waals surface area (Å²) >= 11 is 7.88. The highest BCUT2D eigenvalue weighted by Crippen LogP contribution is 2.16. The van der Waals surface area contributed by atoms with Crippen LogP contribution in [0.5, 0.6) is 0 Å². The molecule has 0 saturated carbocycles. The molecule has 1 rings (SSSR count). The second-order valence-electron chi connectivity index (χ2n) is 4.34. The van der Waals surface area contributed by atoms with Crippen LogP contribution in [0.1, 0.15) is 32.7 Å². The van der Waals surface area contributed by atoms with E-state index in [1.807, 2.05) is 25.6 Å². The SMILES string of the molecule is CSCCCCNc1cnn(C(C)C)c(=O)c1Cl. The third-order valence-electron chi connectivity index (χ3n) is 2.52. The lowest BCUT2D eigenvalue weighted by atomic mass is 10.3. The Morgan fingerprint density at radius 3 is 2.83 bits per heavy atom. The van der Waals surface area contributed by atoms with E-state index in [-0.39, 0.29) is 16.6 Å². The van der Waals surface area contributed by atoms with Crippen molar-refractivity contribution in [2.75, 3.05) is 23.9 Å². The van der Waals surface area contributed by atoms with E-state index in [1.54, 1.807) is 6.20 Å². The summed E-state index contributed by atoms with van der Waals surface area (Å²) in [6.07, 6.45) is 5.94. The smallest absolute Gasteiger partial charge is 0.287 e. The molecular formula is C12H20ClN3OS. The first kappa shape index (κ1) is 15.4. The molecule has 102 valence electrons. The van der Waals surface area contributed by atoms with Crippen LogP contribution < -0.4 is 10.9 Å². The standard InChI is InChI=1S/C12H20ClN3OS/c1-9(2)16-12(17)11(13)10(8-15-16)14-6-4-5-7-18-3/h8-9,14H,4-7H2,1-3H3. The zero-order chi connectivity index (χ0) is 13.5. The maximum Gasteiger partial charge on any atom is 0.287 e. The summed E-state index contributed by atoms with van der Waals surface area (Å²) in [5.41, 5.74) is 0.392. The van der Waals surface area contributed by atoms with E-state index in [1.165, 1.54) is 4.68 Å². The van der Waals surface area contributed by atoms with Gasteiger partial charge >= 0.3 is 0 Å². The second kappa shape index (κ2) is 7.69. The van der Waals surface area contributed by atoms with Gasteiger partial charge < -0.3 is 5.32 Å². The summed E-state index contributed by atoms with van der Waals surface area (Å²) in [5.74, 6) is 1.16. The molecule has 1 N–H and O–H groups in total. The molecule has 4 nitrogen and oxygen atoms in total. The predicted molar refractivity (Wildman–Crippen MR) is 80.0 cm³/mol. The van der Waals surface area contributed by atoms with Gasteiger partial charge in [0.2, 0.25) is 0 Å². The van der Waals surface area contributed by atoms with Crippen LogP contribution >= 0.6 is 23.4 Å². The number of anilines is 1. The van der Waals surface area contributed by atoms with Crippen LogP contribution in [0, 0.1) is 0 Å². The number of hydrogen-bond donors (Lipinski definition) is 1. The van der Waals surface area contributed by atoms with Crippen LogP contribution in [0.4, 0.5) is 5.69 Å². The molecule has 1 heterocycles. The summed E-state index contributed by atoms with van der Waals surface area (Å²) in [4.78, 5) is 11.9. The molecule has 0 aliphatic rings. The molecule has 0 atom stereocenters. The van der Waals surface area contributed by atoms with E-state index >= 15 is 0 Å². The Morgan fingerprint density at radius 1 is 1.50 bits per heavy atom. The highest BCUT2D eigenvalue weighted by atomic mass is 35.5. The van der Waals surface area contributed by atoms with Crippen molar-refractivity contribution in [1.29, 1.82) is 0 Å². The average molecular weight is 290 g/mol. The molecule has 0 spiro atoms. The van der Waals surface area contributed by atoms with Gasteiger partial charge in [-0.1, -0.05) is 11.6 Å². The predicted octanol–water partition coefficient (Wildman–Crippen LogP) is 3.03. The van der Waals surface area contributed by atoms with Gasteiger partial charge in [0.25, 0.3) is 5.56 Å². The molecule has 0 bridgehead atoms. The zero-order valence-corrected chi connectivity index (χ0v) is 12.6. The summed E-state index contributed by atoms with van der Waals surface area (Å²) < 4.78 is 1.39. The fraction of sp³-hybridized carbons (Fsp3) is 0.667. The topological polar surface area (TPSA) is 46.9 Å².